The molecule has 7 rings (SSSR count). The Kier molecular flexibility index (Phi) is 11.4. The van der Waals surface area contributed by atoms with Gasteiger partial charge in [0.2, 0.25) is 0 Å². The van der Waals surface area contributed by atoms with Crippen LogP contribution in [-0.4, -0.2) is 122 Å². The molecule has 0 aliphatic carbocycles. The third-order valence-electron chi connectivity index (χ3n) is 10.9. The average molecular weight is 814 g/mol. The number of fused-ring (bicyclic) bond motifs is 1. The molecule has 278 valence electrons. The molecule has 6 heterocycles. The number of piperazine rings is 1. The summed E-state index contributed by atoms with van der Waals surface area (Å²) in [6, 6.07) is 10.9. The number of rotatable bonds is 11. The first-order chi connectivity index (χ1) is 24.6. The number of carbonyl (C=O) groups excluding carboxylic acids is 2. The second-order valence-corrected chi connectivity index (χ2v) is 21.7. The number of alkyl carbamates (subject to hydrolysis) is 1. The van der Waals surface area contributed by atoms with Crippen LogP contribution < -0.4 is 20.9 Å². The Labute approximate surface area is 309 Å². The molecule has 4 aliphatic rings. The Balaban J connectivity index is 1.05. The number of nitrogens with zero attached hydrogens (tertiary/aromatic N) is 5. The van der Waals surface area contributed by atoms with Crippen LogP contribution in [0.15, 0.2) is 42.9 Å². The zero-order valence-corrected chi connectivity index (χ0v) is 32.7. The van der Waals surface area contributed by atoms with Crippen molar-refractivity contribution in [3.63, 3.8) is 0 Å². The Morgan fingerprint density at radius 2 is 1.69 bits per heavy atom. The van der Waals surface area contributed by atoms with Gasteiger partial charge in [0.05, 0.1) is 5.39 Å². The minimum atomic E-state index is -1.12. The Morgan fingerprint density at radius 3 is 2.37 bits per heavy atom. The summed E-state index contributed by atoms with van der Waals surface area (Å²) in [5.74, 6) is 1.49. The predicted molar refractivity (Wildman–Crippen MR) is 210 cm³/mol. The molecule has 0 radical (unpaired) electrons. The molecular weight excluding hydrogens is 757 g/mol. The number of hydrogen-bond donors (Lipinski definition) is 4. The zero-order valence-electron chi connectivity index (χ0n) is 30.6. The number of nitrogens with one attached hydrogen (secondary N) is 4. The van der Waals surface area contributed by atoms with Crippen molar-refractivity contribution in [3.05, 3.63) is 52.0 Å². The quantitative estimate of drug-likeness (QED) is 0.165. The molecule has 0 spiro atoms. The van der Waals surface area contributed by atoms with Crippen LogP contribution in [0.2, 0.25) is 0 Å². The molecule has 4 fully saturated rings. The number of halogens is 1. The molecule has 2 aromatic heterocycles. The Morgan fingerprint density at radius 1 is 0.980 bits per heavy atom. The van der Waals surface area contributed by atoms with E-state index in [1.807, 2.05) is 33.0 Å². The first kappa shape index (κ1) is 36.4. The van der Waals surface area contributed by atoms with Crippen LogP contribution in [0.1, 0.15) is 64.5 Å². The van der Waals surface area contributed by atoms with E-state index in [2.05, 4.69) is 69.9 Å². The van der Waals surface area contributed by atoms with Crippen LogP contribution in [0.25, 0.3) is 11.0 Å². The van der Waals surface area contributed by atoms with Gasteiger partial charge in [-0.15, -0.1) is 0 Å². The summed E-state index contributed by atoms with van der Waals surface area (Å²) in [4.78, 5) is 47.4. The number of amides is 2. The van der Waals surface area contributed by atoms with Gasteiger partial charge in [0, 0.05) is 6.20 Å². The van der Waals surface area contributed by atoms with Gasteiger partial charge in [0.15, 0.2) is 0 Å². The summed E-state index contributed by atoms with van der Waals surface area (Å²) in [6.07, 6.45) is 7.08. The molecule has 12 nitrogen and oxygen atoms in total. The predicted octanol–water partition coefficient (Wildman–Crippen LogP) is 4.38. The molecule has 0 bridgehead atoms. The van der Waals surface area contributed by atoms with Crippen molar-refractivity contribution in [2.75, 3.05) is 79.2 Å². The van der Waals surface area contributed by atoms with Crippen molar-refractivity contribution in [1.82, 2.24) is 40.7 Å². The summed E-state index contributed by atoms with van der Waals surface area (Å²) in [6.45, 7) is 15.3. The van der Waals surface area contributed by atoms with Gasteiger partial charge in [0.25, 0.3) is 0 Å². The maximum atomic E-state index is 14.6. The van der Waals surface area contributed by atoms with Crippen molar-refractivity contribution in [1.29, 1.82) is 0 Å². The number of aromatic amines is 1. The second-order valence-electron chi connectivity index (χ2n) is 15.7. The number of aromatic nitrogens is 3. The fraction of sp³-hybridized carbons (Fsp3) is 0.632. The molecule has 4 aliphatic heterocycles. The number of alkyl halides is 2. The fourth-order valence-electron chi connectivity index (χ4n) is 7.80. The normalized spacial score (nSPS) is 21.7. The van der Waals surface area contributed by atoms with Crippen LogP contribution in [0.4, 0.5) is 10.6 Å². The SMILES string of the molecule is CC(C)(C)OC(=O)NC1(C(=O)N[C@@H](CCN2CCN(CC3CCNCC3)CC2)c2ccc(I3CC3)cc2)CCN(c2ncnc3[nH]ccc23)CC1. The standard InChI is InChI=1S/C38H56IN9O3/c1-37(2,3)51-36(50)45-38(12-20-48(21-13-38)34-31-10-18-41-33(31)42-27-43-34)35(49)44-32(29-4-6-30(7-5-29)39-14-15-39)11-19-46-22-24-47(25-23-46)26-28-8-16-40-17-9-28/h4-7,10,18,27-28,32,40H,8-9,11-17,19-26H2,1-3H3,(H,44,49)(H,45,50)(H,41,42,43)/t32-/m0/s1. The summed E-state index contributed by atoms with van der Waals surface area (Å²) in [7, 11) is 0. The monoisotopic (exact) mass is 813 g/mol. The zero-order chi connectivity index (χ0) is 35.4. The number of benzene rings is 1. The molecule has 0 saturated carbocycles. The van der Waals surface area contributed by atoms with E-state index in [4.69, 9.17) is 4.74 Å². The number of piperidine rings is 2. The molecule has 51 heavy (non-hydrogen) atoms. The van der Waals surface area contributed by atoms with E-state index in [-0.39, 0.29) is 11.9 Å². The maximum absolute atomic E-state index is 14.6. The van der Waals surface area contributed by atoms with Gasteiger partial charge in [-0.25, -0.2) is 9.97 Å². The van der Waals surface area contributed by atoms with E-state index in [1.165, 1.54) is 31.8 Å². The molecular formula is C38H56IN9O3. The molecule has 0 unspecified atom stereocenters. The van der Waals surface area contributed by atoms with Gasteiger partial charge in [-0.2, -0.15) is 0 Å². The summed E-state index contributed by atoms with van der Waals surface area (Å²) < 4.78 is 10.1. The minimum absolute atomic E-state index is 0.152. The van der Waals surface area contributed by atoms with E-state index < -0.39 is 37.1 Å². The van der Waals surface area contributed by atoms with Crippen molar-refractivity contribution in [2.24, 2.45) is 5.92 Å². The van der Waals surface area contributed by atoms with Crippen LogP contribution >= 0.6 is 19.8 Å². The van der Waals surface area contributed by atoms with Gasteiger partial charge in [-0.3, -0.25) is 0 Å². The van der Waals surface area contributed by atoms with Gasteiger partial charge < -0.3 is 10.3 Å². The molecule has 1 aromatic carbocycles. The van der Waals surface area contributed by atoms with E-state index in [1.54, 1.807) is 6.33 Å². The van der Waals surface area contributed by atoms with E-state index >= 15 is 0 Å². The third-order valence-corrected chi connectivity index (χ3v) is 15.5. The molecule has 4 saturated heterocycles. The van der Waals surface area contributed by atoms with Gasteiger partial charge in [-0.1, -0.05) is 0 Å². The number of ether oxygens (including phenoxy) is 1. The Hall–Kier alpha value is -3.01. The fourth-order valence-corrected chi connectivity index (χ4v) is 12.0. The first-order valence-electron chi connectivity index (χ1n) is 18.9. The average Bonchev–Trinajstić information content (AvgIpc) is 3.86. The number of H-pyrrole nitrogens is 1. The molecule has 4 N–H and O–H groups in total. The number of anilines is 1. The van der Waals surface area contributed by atoms with Crippen LogP contribution in [-0.2, 0) is 9.53 Å². The molecule has 2 amide bonds. The van der Waals surface area contributed by atoms with Gasteiger partial charge in [-0.05, 0) is 58.7 Å². The summed E-state index contributed by atoms with van der Waals surface area (Å²) >= 11 is -0.890. The van der Waals surface area contributed by atoms with Crippen molar-refractivity contribution in [2.45, 2.75) is 70.1 Å². The summed E-state index contributed by atoms with van der Waals surface area (Å²) in [5, 5.41) is 11.0. The van der Waals surface area contributed by atoms with Crippen molar-refractivity contribution in [3.8, 4) is 0 Å². The van der Waals surface area contributed by atoms with E-state index in [9.17, 15) is 9.59 Å². The van der Waals surface area contributed by atoms with E-state index in [0.29, 0.717) is 25.9 Å². The molecule has 13 heteroatoms. The number of hydrogen-bond acceptors (Lipinski definition) is 9. The topological polar surface area (TPSA) is 131 Å². The number of carbonyl (C=O) groups is 2. The van der Waals surface area contributed by atoms with Crippen LogP contribution in [0, 0.1) is 9.49 Å². The van der Waals surface area contributed by atoms with Crippen molar-refractivity contribution >= 4 is 48.7 Å². The van der Waals surface area contributed by atoms with Crippen molar-refractivity contribution < 1.29 is 14.3 Å². The first-order valence-corrected chi connectivity index (χ1v) is 23.0. The Bertz CT molecular complexity index is 1620. The van der Waals surface area contributed by atoms with E-state index in [0.717, 1.165) is 80.6 Å². The van der Waals surface area contributed by atoms with Gasteiger partial charge >= 0.3 is 208 Å². The van der Waals surface area contributed by atoms with Crippen LogP contribution in [0.3, 0.4) is 0 Å². The van der Waals surface area contributed by atoms with Crippen LogP contribution in [0.5, 0.6) is 0 Å². The van der Waals surface area contributed by atoms with Gasteiger partial charge in [0.1, 0.15) is 12.0 Å². The molecule has 1 atom stereocenters. The second kappa shape index (κ2) is 15.9. The third kappa shape index (κ3) is 9.33. The molecule has 3 aromatic rings. The summed E-state index contributed by atoms with van der Waals surface area (Å²) in [5.41, 5.74) is 0.109.